The molecule has 1 fully saturated rings. The first-order chi connectivity index (χ1) is 6.63. The van der Waals surface area contributed by atoms with Crippen LogP contribution in [0.4, 0.5) is 0 Å². The summed E-state index contributed by atoms with van der Waals surface area (Å²) in [6.45, 7) is 4.44. The zero-order valence-corrected chi connectivity index (χ0v) is 9.12. The van der Waals surface area contributed by atoms with Gasteiger partial charge >= 0.3 is 5.97 Å². The molecule has 82 valence electrons. The molecule has 1 heterocycles. The van der Waals surface area contributed by atoms with Crippen molar-refractivity contribution in [2.45, 2.75) is 58.0 Å². The van der Waals surface area contributed by atoms with E-state index < -0.39 is 5.97 Å². The zero-order chi connectivity index (χ0) is 10.6. The Morgan fingerprint density at radius 1 is 1.57 bits per heavy atom. The molecular weight excluding hydrogens is 178 g/mol. The van der Waals surface area contributed by atoms with Crippen LogP contribution in [0.25, 0.3) is 0 Å². The fourth-order valence-corrected chi connectivity index (χ4v) is 2.30. The fraction of sp³-hybridized carbons (Fsp3) is 0.909. The maximum Gasteiger partial charge on any atom is 0.320 e. The lowest BCUT2D eigenvalue weighted by molar-refractivity contribution is -0.139. The average Bonchev–Trinajstić information content (AvgIpc) is 2.53. The lowest BCUT2D eigenvalue weighted by atomic mass is 9.96. The highest BCUT2D eigenvalue weighted by molar-refractivity contribution is 5.73. The van der Waals surface area contributed by atoms with Crippen LogP contribution in [-0.4, -0.2) is 23.2 Å². The van der Waals surface area contributed by atoms with Crippen LogP contribution in [0.1, 0.15) is 46.0 Å². The van der Waals surface area contributed by atoms with Crippen molar-refractivity contribution in [3.63, 3.8) is 0 Å². The average molecular weight is 199 g/mol. The van der Waals surface area contributed by atoms with Gasteiger partial charge in [-0.2, -0.15) is 0 Å². The van der Waals surface area contributed by atoms with E-state index >= 15 is 0 Å². The SMILES string of the molecule is CCCC(C)CC1CCC(C(=O)O)N1. The van der Waals surface area contributed by atoms with E-state index in [4.69, 9.17) is 5.11 Å². The van der Waals surface area contributed by atoms with Crippen LogP contribution in [0.5, 0.6) is 0 Å². The van der Waals surface area contributed by atoms with Gasteiger partial charge in [-0.1, -0.05) is 26.7 Å². The van der Waals surface area contributed by atoms with Gasteiger partial charge in [0, 0.05) is 6.04 Å². The van der Waals surface area contributed by atoms with E-state index in [1.54, 1.807) is 0 Å². The van der Waals surface area contributed by atoms with Crippen molar-refractivity contribution < 1.29 is 9.90 Å². The van der Waals surface area contributed by atoms with Crippen molar-refractivity contribution in [2.24, 2.45) is 5.92 Å². The molecule has 0 aliphatic carbocycles. The quantitative estimate of drug-likeness (QED) is 0.712. The highest BCUT2D eigenvalue weighted by atomic mass is 16.4. The Balaban J connectivity index is 2.25. The van der Waals surface area contributed by atoms with E-state index in [-0.39, 0.29) is 6.04 Å². The molecule has 1 rings (SSSR count). The Morgan fingerprint density at radius 3 is 2.79 bits per heavy atom. The normalized spacial score (nSPS) is 29.0. The molecule has 0 aromatic heterocycles. The molecule has 3 atom stereocenters. The number of hydrogen-bond acceptors (Lipinski definition) is 2. The third-order valence-electron chi connectivity index (χ3n) is 3.01. The van der Waals surface area contributed by atoms with Crippen LogP contribution >= 0.6 is 0 Å². The number of rotatable bonds is 5. The molecule has 0 radical (unpaired) electrons. The number of carboxylic acids is 1. The maximum absolute atomic E-state index is 10.7. The van der Waals surface area contributed by atoms with Gasteiger partial charge in [0.15, 0.2) is 0 Å². The van der Waals surface area contributed by atoms with E-state index in [0.717, 1.165) is 19.3 Å². The molecule has 14 heavy (non-hydrogen) atoms. The van der Waals surface area contributed by atoms with E-state index in [2.05, 4.69) is 19.2 Å². The smallest absolute Gasteiger partial charge is 0.320 e. The Bertz CT molecular complexity index is 194. The molecular formula is C11H21NO2. The summed E-state index contributed by atoms with van der Waals surface area (Å²) in [4.78, 5) is 10.7. The van der Waals surface area contributed by atoms with Crippen LogP contribution in [-0.2, 0) is 4.79 Å². The van der Waals surface area contributed by atoms with Gasteiger partial charge in [-0.25, -0.2) is 0 Å². The van der Waals surface area contributed by atoms with Gasteiger partial charge in [0.05, 0.1) is 0 Å². The van der Waals surface area contributed by atoms with Gasteiger partial charge in [0.25, 0.3) is 0 Å². The Morgan fingerprint density at radius 2 is 2.29 bits per heavy atom. The Labute approximate surface area is 85.9 Å². The summed E-state index contributed by atoms with van der Waals surface area (Å²) >= 11 is 0. The highest BCUT2D eigenvalue weighted by Crippen LogP contribution is 2.21. The number of carboxylic acid groups (broad SMARTS) is 1. The molecule has 3 heteroatoms. The summed E-state index contributed by atoms with van der Waals surface area (Å²) in [5.41, 5.74) is 0. The summed E-state index contributed by atoms with van der Waals surface area (Å²) < 4.78 is 0. The van der Waals surface area contributed by atoms with E-state index in [1.807, 2.05) is 0 Å². The van der Waals surface area contributed by atoms with Gasteiger partial charge in [0.1, 0.15) is 6.04 Å². The topological polar surface area (TPSA) is 49.3 Å². The second-order valence-electron chi connectivity index (χ2n) is 4.46. The first kappa shape index (κ1) is 11.5. The lowest BCUT2D eigenvalue weighted by Crippen LogP contribution is -2.36. The molecule has 0 spiro atoms. The number of aliphatic carboxylic acids is 1. The van der Waals surface area contributed by atoms with Crippen molar-refractivity contribution >= 4 is 5.97 Å². The summed E-state index contributed by atoms with van der Waals surface area (Å²) in [5, 5.41) is 12.0. The monoisotopic (exact) mass is 199 g/mol. The summed E-state index contributed by atoms with van der Waals surface area (Å²) in [7, 11) is 0. The zero-order valence-electron chi connectivity index (χ0n) is 9.12. The molecule has 3 unspecified atom stereocenters. The predicted octanol–water partition coefficient (Wildman–Crippen LogP) is 2.02. The van der Waals surface area contributed by atoms with Crippen LogP contribution in [0.3, 0.4) is 0 Å². The highest BCUT2D eigenvalue weighted by Gasteiger charge is 2.29. The molecule has 1 aliphatic rings. The third-order valence-corrected chi connectivity index (χ3v) is 3.01. The van der Waals surface area contributed by atoms with E-state index in [9.17, 15) is 4.79 Å². The summed E-state index contributed by atoms with van der Waals surface area (Å²) in [6, 6.07) is 0.131. The predicted molar refractivity (Wildman–Crippen MR) is 56.3 cm³/mol. The van der Waals surface area contributed by atoms with Gasteiger partial charge < -0.3 is 10.4 Å². The van der Waals surface area contributed by atoms with Gasteiger partial charge in [-0.3, -0.25) is 4.79 Å². The Kier molecular flexibility index (Phi) is 4.39. The molecule has 0 aromatic carbocycles. The first-order valence-electron chi connectivity index (χ1n) is 5.62. The lowest BCUT2D eigenvalue weighted by Gasteiger charge is -2.16. The summed E-state index contributed by atoms with van der Waals surface area (Å²) in [6.07, 6.45) is 5.40. The minimum absolute atomic E-state index is 0.297. The van der Waals surface area contributed by atoms with E-state index in [0.29, 0.717) is 12.0 Å². The molecule has 0 amide bonds. The fourth-order valence-electron chi connectivity index (χ4n) is 2.30. The van der Waals surface area contributed by atoms with Gasteiger partial charge in [-0.05, 0) is 25.2 Å². The van der Waals surface area contributed by atoms with Crippen molar-refractivity contribution in [1.29, 1.82) is 0 Å². The Hall–Kier alpha value is -0.570. The number of carbonyl (C=O) groups is 1. The maximum atomic E-state index is 10.7. The molecule has 0 saturated carbocycles. The van der Waals surface area contributed by atoms with E-state index in [1.165, 1.54) is 12.8 Å². The van der Waals surface area contributed by atoms with Crippen LogP contribution in [0, 0.1) is 5.92 Å². The minimum atomic E-state index is -0.698. The standard InChI is InChI=1S/C11H21NO2/c1-3-4-8(2)7-9-5-6-10(12-9)11(13)14/h8-10,12H,3-7H2,1-2H3,(H,13,14). The minimum Gasteiger partial charge on any atom is -0.480 e. The number of hydrogen-bond donors (Lipinski definition) is 2. The van der Waals surface area contributed by atoms with Crippen LogP contribution in [0.15, 0.2) is 0 Å². The van der Waals surface area contributed by atoms with Gasteiger partial charge in [-0.15, -0.1) is 0 Å². The van der Waals surface area contributed by atoms with Crippen molar-refractivity contribution in [3.8, 4) is 0 Å². The van der Waals surface area contributed by atoms with Crippen molar-refractivity contribution in [1.82, 2.24) is 5.32 Å². The molecule has 0 bridgehead atoms. The van der Waals surface area contributed by atoms with Crippen LogP contribution in [0.2, 0.25) is 0 Å². The third kappa shape index (κ3) is 3.29. The molecule has 3 nitrogen and oxygen atoms in total. The second kappa shape index (κ2) is 5.35. The molecule has 1 saturated heterocycles. The van der Waals surface area contributed by atoms with Crippen molar-refractivity contribution in [2.75, 3.05) is 0 Å². The number of nitrogens with one attached hydrogen (secondary N) is 1. The first-order valence-corrected chi connectivity index (χ1v) is 5.62. The molecule has 1 aliphatic heterocycles. The van der Waals surface area contributed by atoms with Crippen molar-refractivity contribution in [3.05, 3.63) is 0 Å². The second-order valence-corrected chi connectivity index (χ2v) is 4.46. The molecule has 0 aromatic rings. The van der Waals surface area contributed by atoms with Crippen LogP contribution < -0.4 is 5.32 Å². The largest absolute Gasteiger partial charge is 0.480 e. The van der Waals surface area contributed by atoms with Gasteiger partial charge in [0.2, 0.25) is 0 Å². The molecule has 2 N–H and O–H groups in total. The summed E-state index contributed by atoms with van der Waals surface area (Å²) in [5.74, 6) is 0.0145.